The minimum Gasteiger partial charge on any atom is -0.493 e. The Morgan fingerprint density at radius 3 is 2.44 bits per heavy atom. The Labute approximate surface area is 156 Å². The van der Waals surface area contributed by atoms with Gasteiger partial charge >= 0.3 is 0 Å². The van der Waals surface area contributed by atoms with Gasteiger partial charge in [-0.2, -0.15) is 0 Å². The van der Waals surface area contributed by atoms with Crippen LogP contribution in [0.25, 0.3) is 0 Å². The van der Waals surface area contributed by atoms with Gasteiger partial charge in [0, 0.05) is 11.0 Å². The molecule has 0 saturated carbocycles. The number of halogens is 1. The van der Waals surface area contributed by atoms with Crippen LogP contribution >= 0.6 is 15.9 Å². The van der Waals surface area contributed by atoms with Gasteiger partial charge in [-0.25, -0.2) is 0 Å². The Balaban J connectivity index is 1.78. The fraction of sp³-hybridized carbons (Fsp3) is 0.316. The largest absolute Gasteiger partial charge is 0.493 e. The molecule has 2 aromatic carbocycles. The molecule has 25 heavy (non-hydrogen) atoms. The van der Waals surface area contributed by atoms with Crippen LogP contribution in [0.1, 0.15) is 11.1 Å². The van der Waals surface area contributed by atoms with E-state index in [1.807, 2.05) is 43.3 Å². The fourth-order valence-electron chi connectivity index (χ4n) is 2.35. The highest BCUT2D eigenvalue weighted by Gasteiger charge is 2.07. The van der Waals surface area contributed by atoms with Gasteiger partial charge in [0.25, 0.3) is 5.91 Å². The summed E-state index contributed by atoms with van der Waals surface area (Å²) in [5.41, 5.74) is 2.04. The Kier molecular flexibility index (Phi) is 7.13. The summed E-state index contributed by atoms with van der Waals surface area (Å²) in [6.07, 6.45) is 0.698. The molecule has 0 aliphatic rings. The van der Waals surface area contributed by atoms with E-state index in [2.05, 4.69) is 21.2 Å². The van der Waals surface area contributed by atoms with E-state index in [-0.39, 0.29) is 12.5 Å². The molecule has 0 aromatic heterocycles. The minimum absolute atomic E-state index is 0.00555. The second-order valence-corrected chi connectivity index (χ2v) is 6.40. The lowest BCUT2D eigenvalue weighted by Gasteiger charge is -2.11. The quantitative estimate of drug-likeness (QED) is 0.727. The maximum atomic E-state index is 11.9. The normalized spacial score (nSPS) is 10.2. The first-order valence-corrected chi connectivity index (χ1v) is 8.69. The minimum atomic E-state index is -0.150. The standard InChI is InChI=1S/C19H22BrNO4/c1-13-10-15(20)5-7-16(13)25-12-19(22)21-9-8-14-4-6-17(23-2)18(11-14)24-3/h4-7,10-11H,8-9,12H2,1-3H3,(H,21,22). The monoisotopic (exact) mass is 407 g/mol. The number of rotatable bonds is 8. The van der Waals surface area contributed by atoms with Crippen molar-refractivity contribution in [2.75, 3.05) is 27.4 Å². The molecule has 0 spiro atoms. The summed E-state index contributed by atoms with van der Waals surface area (Å²) in [5.74, 6) is 1.93. The van der Waals surface area contributed by atoms with E-state index < -0.39 is 0 Å². The number of ether oxygens (including phenoxy) is 3. The van der Waals surface area contributed by atoms with Crippen LogP contribution in [0.3, 0.4) is 0 Å². The maximum Gasteiger partial charge on any atom is 0.257 e. The third-order valence-electron chi connectivity index (χ3n) is 3.68. The van der Waals surface area contributed by atoms with Gasteiger partial charge < -0.3 is 19.5 Å². The number of amides is 1. The van der Waals surface area contributed by atoms with E-state index >= 15 is 0 Å². The number of carbonyl (C=O) groups is 1. The number of benzene rings is 2. The topological polar surface area (TPSA) is 56.8 Å². The molecule has 0 aliphatic heterocycles. The van der Waals surface area contributed by atoms with Gasteiger partial charge in [0.15, 0.2) is 18.1 Å². The SMILES string of the molecule is COc1ccc(CCNC(=O)COc2ccc(Br)cc2C)cc1OC. The molecule has 2 rings (SSSR count). The molecule has 0 fully saturated rings. The van der Waals surface area contributed by atoms with Gasteiger partial charge in [-0.1, -0.05) is 22.0 Å². The van der Waals surface area contributed by atoms with Crippen LogP contribution in [0, 0.1) is 6.92 Å². The second-order valence-electron chi connectivity index (χ2n) is 5.49. The van der Waals surface area contributed by atoms with Crippen molar-refractivity contribution in [2.24, 2.45) is 0 Å². The van der Waals surface area contributed by atoms with E-state index in [9.17, 15) is 4.79 Å². The highest BCUT2D eigenvalue weighted by molar-refractivity contribution is 9.10. The maximum absolute atomic E-state index is 11.9. The lowest BCUT2D eigenvalue weighted by Crippen LogP contribution is -2.30. The summed E-state index contributed by atoms with van der Waals surface area (Å²) in [5, 5.41) is 2.85. The predicted octanol–water partition coefficient (Wildman–Crippen LogP) is 3.51. The molecule has 5 nitrogen and oxygen atoms in total. The molecule has 0 atom stereocenters. The number of nitrogens with one attached hydrogen (secondary N) is 1. The van der Waals surface area contributed by atoms with Gasteiger partial charge in [-0.3, -0.25) is 4.79 Å². The van der Waals surface area contributed by atoms with Crippen LogP contribution in [0.15, 0.2) is 40.9 Å². The molecule has 0 saturated heterocycles. The van der Waals surface area contributed by atoms with Crippen LogP contribution < -0.4 is 19.5 Å². The summed E-state index contributed by atoms with van der Waals surface area (Å²) in [6.45, 7) is 2.46. The van der Waals surface area contributed by atoms with Crippen LogP contribution in [0.5, 0.6) is 17.2 Å². The van der Waals surface area contributed by atoms with Crippen LogP contribution in [0.2, 0.25) is 0 Å². The molecular formula is C19H22BrNO4. The van der Waals surface area contributed by atoms with Crippen LogP contribution in [-0.4, -0.2) is 33.3 Å². The molecule has 0 radical (unpaired) electrons. The van der Waals surface area contributed by atoms with Gasteiger partial charge in [0.2, 0.25) is 0 Å². The highest BCUT2D eigenvalue weighted by atomic mass is 79.9. The second kappa shape index (κ2) is 9.32. The molecule has 6 heteroatoms. The molecule has 0 unspecified atom stereocenters. The first-order valence-electron chi connectivity index (χ1n) is 7.90. The van der Waals surface area contributed by atoms with Crippen LogP contribution in [0.4, 0.5) is 0 Å². The number of methoxy groups -OCH3 is 2. The molecule has 1 amide bonds. The average molecular weight is 408 g/mol. The van der Waals surface area contributed by atoms with Crippen molar-refractivity contribution < 1.29 is 19.0 Å². The van der Waals surface area contributed by atoms with Gasteiger partial charge in [-0.05, 0) is 54.8 Å². The smallest absolute Gasteiger partial charge is 0.257 e. The molecular weight excluding hydrogens is 386 g/mol. The first kappa shape index (κ1) is 19.1. The van der Waals surface area contributed by atoms with E-state index in [1.54, 1.807) is 14.2 Å². The zero-order chi connectivity index (χ0) is 18.2. The highest BCUT2D eigenvalue weighted by Crippen LogP contribution is 2.27. The third kappa shape index (κ3) is 5.67. The van der Waals surface area contributed by atoms with E-state index in [1.165, 1.54) is 0 Å². The van der Waals surface area contributed by atoms with Crippen molar-refractivity contribution in [3.63, 3.8) is 0 Å². The Bertz CT molecular complexity index is 733. The number of aryl methyl sites for hydroxylation is 1. The van der Waals surface area contributed by atoms with E-state index in [0.717, 1.165) is 15.6 Å². The molecule has 134 valence electrons. The summed E-state index contributed by atoms with van der Waals surface area (Å²) >= 11 is 3.40. The zero-order valence-corrected chi connectivity index (χ0v) is 16.2. The third-order valence-corrected chi connectivity index (χ3v) is 4.17. The van der Waals surface area contributed by atoms with Crippen molar-refractivity contribution >= 4 is 21.8 Å². The lowest BCUT2D eigenvalue weighted by atomic mass is 10.1. The van der Waals surface area contributed by atoms with Crippen molar-refractivity contribution in [3.05, 3.63) is 52.0 Å². The summed E-state index contributed by atoms with van der Waals surface area (Å²) in [7, 11) is 3.20. The first-order chi connectivity index (χ1) is 12.0. The molecule has 0 heterocycles. The van der Waals surface area contributed by atoms with Crippen LogP contribution in [-0.2, 0) is 11.2 Å². The van der Waals surface area contributed by atoms with E-state index in [0.29, 0.717) is 30.2 Å². The Hall–Kier alpha value is -2.21. The Morgan fingerprint density at radius 1 is 1.04 bits per heavy atom. The lowest BCUT2D eigenvalue weighted by molar-refractivity contribution is -0.123. The number of carbonyl (C=O) groups excluding carboxylic acids is 1. The summed E-state index contributed by atoms with van der Waals surface area (Å²) in [4.78, 5) is 11.9. The summed E-state index contributed by atoms with van der Waals surface area (Å²) in [6, 6.07) is 11.4. The number of hydrogen-bond acceptors (Lipinski definition) is 4. The predicted molar refractivity (Wildman–Crippen MR) is 101 cm³/mol. The van der Waals surface area contributed by atoms with Gasteiger partial charge in [-0.15, -0.1) is 0 Å². The van der Waals surface area contributed by atoms with Crippen molar-refractivity contribution in [1.82, 2.24) is 5.32 Å². The van der Waals surface area contributed by atoms with Gasteiger partial charge in [0.05, 0.1) is 14.2 Å². The van der Waals surface area contributed by atoms with E-state index in [4.69, 9.17) is 14.2 Å². The van der Waals surface area contributed by atoms with Gasteiger partial charge in [0.1, 0.15) is 5.75 Å². The molecule has 1 N–H and O–H groups in total. The summed E-state index contributed by atoms with van der Waals surface area (Å²) < 4.78 is 17.0. The van der Waals surface area contributed by atoms with Crippen molar-refractivity contribution in [3.8, 4) is 17.2 Å². The van der Waals surface area contributed by atoms with Crippen molar-refractivity contribution in [2.45, 2.75) is 13.3 Å². The fourth-order valence-corrected chi connectivity index (χ4v) is 2.83. The molecule has 0 bridgehead atoms. The van der Waals surface area contributed by atoms with Crippen molar-refractivity contribution in [1.29, 1.82) is 0 Å². The molecule has 2 aromatic rings. The Morgan fingerprint density at radius 2 is 1.76 bits per heavy atom. The average Bonchev–Trinajstić information content (AvgIpc) is 2.60. The molecule has 0 aliphatic carbocycles. The zero-order valence-electron chi connectivity index (χ0n) is 14.6. The number of hydrogen-bond donors (Lipinski definition) is 1.